The van der Waals surface area contributed by atoms with Crippen LogP contribution in [0, 0.1) is 23.7 Å². The van der Waals surface area contributed by atoms with Crippen molar-refractivity contribution in [1.29, 1.82) is 0 Å². The van der Waals surface area contributed by atoms with Gasteiger partial charge in [-0.3, -0.25) is 9.59 Å². The van der Waals surface area contributed by atoms with Gasteiger partial charge in [-0.15, -0.1) is 0 Å². The maximum atomic E-state index is 11.9. The van der Waals surface area contributed by atoms with Gasteiger partial charge in [-0.2, -0.15) is 0 Å². The minimum Gasteiger partial charge on any atom is -0.481 e. The van der Waals surface area contributed by atoms with Gasteiger partial charge in [0.25, 0.3) is 0 Å². The number of hydrogen-bond donors (Lipinski definition) is 1. The second kappa shape index (κ2) is 9.06. The molecule has 0 spiro atoms. The van der Waals surface area contributed by atoms with Crippen LogP contribution in [-0.4, -0.2) is 23.7 Å². The highest BCUT2D eigenvalue weighted by Gasteiger charge is 2.27. The van der Waals surface area contributed by atoms with Crippen LogP contribution in [0.5, 0.6) is 0 Å². The van der Waals surface area contributed by atoms with Gasteiger partial charge in [0.1, 0.15) is 0 Å². The molecule has 1 fully saturated rings. The summed E-state index contributed by atoms with van der Waals surface area (Å²) in [7, 11) is 0. The maximum Gasteiger partial charge on any atom is 0.309 e. The van der Waals surface area contributed by atoms with Gasteiger partial charge >= 0.3 is 11.9 Å². The summed E-state index contributed by atoms with van der Waals surface area (Å²) < 4.78 is 5.16. The lowest BCUT2D eigenvalue weighted by atomic mass is 9.77. The summed E-state index contributed by atoms with van der Waals surface area (Å²) >= 11 is 0. The summed E-state index contributed by atoms with van der Waals surface area (Å²) in [4.78, 5) is 22.7. The van der Waals surface area contributed by atoms with Gasteiger partial charge < -0.3 is 9.84 Å². The van der Waals surface area contributed by atoms with E-state index < -0.39 is 5.97 Å². The van der Waals surface area contributed by atoms with Crippen LogP contribution in [0.2, 0.25) is 0 Å². The molecule has 0 heterocycles. The van der Waals surface area contributed by atoms with E-state index in [1.54, 1.807) is 0 Å². The molecule has 0 amide bonds. The second-order valence-electron chi connectivity index (χ2n) is 6.66. The predicted octanol–water partition coefficient (Wildman–Crippen LogP) is 3.88. The Kier molecular flexibility index (Phi) is 7.76. The average molecular weight is 298 g/mol. The number of rotatable bonds is 8. The Morgan fingerprint density at radius 3 is 2.19 bits per heavy atom. The van der Waals surface area contributed by atoms with Crippen molar-refractivity contribution in [3.05, 3.63) is 0 Å². The zero-order chi connectivity index (χ0) is 15.8. The third kappa shape index (κ3) is 6.49. The molecule has 0 aliphatic heterocycles. The molecule has 1 aliphatic carbocycles. The van der Waals surface area contributed by atoms with Gasteiger partial charge in [0.15, 0.2) is 0 Å². The summed E-state index contributed by atoms with van der Waals surface area (Å²) in [6, 6.07) is 0. The fourth-order valence-electron chi connectivity index (χ4n) is 3.36. The molecule has 0 unspecified atom stereocenters. The molecule has 21 heavy (non-hydrogen) atoms. The van der Waals surface area contributed by atoms with Crippen LogP contribution in [0.4, 0.5) is 0 Å². The van der Waals surface area contributed by atoms with E-state index in [-0.39, 0.29) is 11.9 Å². The minimum absolute atomic E-state index is 0.00157. The standard InChI is InChI=1S/C17H30O4/c1-4-21-17(20)15(12(2)3)10-9-13-5-7-14(8-6-13)11-16(18)19/h12-15H,4-11H2,1-3H3,(H,18,19)/t13-,14-,15-/m0/s1. The predicted molar refractivity (Wildman–Crippen MR) is 81.9 cm³/mol. The Hall–Kier alpha value is -1.06. The monoisotopic (exact) mass is 298 g/mol. The highest BCUT2D eigenvalue weighted by Crippen LogP contribution is 2.34. The van der Waals surface area contributed by atoms with Crippen LogP contribution in [0.25, 0.3) is 0 Å². The molecule has 4 heteroatoms. The number of ether oxygens (including phenoxy) is 1. The zero-order valence-electron chi connectivity index (χ0n) is 13.6. The molecular formula is C17H30O4. The molecule has 1 N–H and O–H groups in total. The molecule has 1 rings (SSSR count). The van der Waals surface area contributed by atoms with E-state index >= 15 is 0 Å². The lowest BCUT2D eigenvalue weighted by Crippen LogP contribution is -2.24. The SMILES string of the molecule is CCOC(=O)[C@@H](CC[C@H]1CC[C@H](CC(=O)O)CC1)C(C)C. The Balaban J connectivity index is 2.34. The molecule has 0 aromatic heterocycles. The lowest BCUT2D eigenvalue weighted by molar-refractivity contribution is -0.150. The molecule has 0 aromatic carbocycles. The van der Waals surface area contributed by atoms with Crippen molar-refractivity contribution in [2.24, 2.45) is 23.7 Å². The summed E-state index contributed by atoms with van der Waals surface area (Å²) in [5, 5.41) is 8.83. The first-order valence-electron chi connectivity index (χ1n) is 8.32. The molecule has 4 nitrogen and oxygen atoms in total. The van der Waals surface area contributed by atoms with Crippen molar-refractivity contribution in [2.75, 3.05) is 6.61 Å². The fraction of sp³-hybridized carbons (Fsp3) is 0.882. The smallest absolute Gasteiger partial charge is 0.309 e. The molecule has 0 saturated heterocycles. The van der Waals surface area contributed by atoms with Crippen LogP contribution < -0.4 is 0 Å². The van der Waals surface area contributed by atoms with Crippen LogP contribution in [0.15, 0.2) is 0 Å². The van der Waals surface area contributed by atoms with Crippen LogP contribution in [0.3, 0.4) is 0 Å². The van der Waals surface area contributed by atoms with Crippen molar-refractivity contribution in [1.82, 2.24) is 0 Å². The largest absolute Gasteiger partial charge is 0.481 e. The van der Waals surface area contributed by atoms with Crippen molar-refractivity contribution >= 4 is 11.9 Å². The van der Waals surface area contributed by atoms with Crippen molar-refractivity contribution < 1.29 is 19.4 Å². The number of hydrogen-bond acceptors (Lipinski definition) is 3. The number of carbonyl (C=O) groups is 2. The van der Waals surface area contributed by atoms with E-state index in [0.717, 1.165) is 38.5 Å². The van der Waals surface area contributed by atoms with E-state index in [0.29, 0.717) is 30.8 Å². The van der Waals surface area contributed by atoms with Crippen molar-refractivity contribution in [2.45, 2.75) is 65.7 Å². The van der Waals surface area contributed by atoms with E-state index in [4.69, 9.17) is 9.84 Å². The Labute approximate surface area is 128 Å². The summed E-state index contributed by atoms with van der Waals surface area (Å²) in [5.41, 5.74) is 0. The molecule has 1 atom stereocenters. The van der Waals surface area contributed by atoms with Gasteiger partial charge in [-0.25, -0.2) is 0 Å². The number of esters is 1. The van der Waals surface area contributed by atoms with E-state index in [1.165, 1.54) is 0 Å². The third-order valence-corrected chi connectivity index (χ3v) is 4.71. The first-order valence-corrected chi connectivity index (χ1v) is 8.32. The summed E-state index contributed by atoms with van der Waals surface area (Å²) in [6.07, 6.45) is 6.50. The van der Waals surface area contributed by atoms with E-state index in [9.17, 15) is 9.59 Å². The second-order valence-corrected chi connectivity index (χ2v) is 6.66. The van der Waals surface area contributed by atoms with Crippen molar-refractivity contribution in [3.63, 3.8) is 0 Å². The molecule has 0 bridgehead atoms. The summed E-state index contributed by atoms with van der Waals surface area (Å²) in [6.45, 7) is 6.44. The Morgan fingerprint density at radius 2 is 1.71 bits per heavy atom. The van der Waals surface area contributed by atoms with Crippen LogP contribution >= 0.6 is 0 Å². The molecule has 0 radical (unpaired) electrons. The third-order valence-electron chi connectivity index (χ3n) is 4.71. The first kappa shape index (κ1) is 18.0. The maximum absolute atomic E-state index is 11.9. The molecule has 122 valence electrons. The van der Waals surface area contributed by atoms with Crippen LogP contribution in [0.1, 0.15) is 65.7 Å². The normalized spacial score (nSPS) is 23.8. The van der Waals surface area contributed by atoms with Gasteiger partial charge in [0, 0.05) is 6.42 Å². The lowest BCUT2D eigenvalue weighted by Gasteiger charge is -2.29. The molecular weight excluding hydrogens is 268 g/mol. The van der Waals surface area contributed by atoms with Crippen molar-refractivity contribution in [3.8, 4) is 0 Å². The Morgan fingerprint density at radius 1 is 1.14 bits per heavy atom. The molecule has 1 aliphatic rings. The number of carbonyl (C=O) groups excluding carboxylic acids is 1. The molecule has 0 aromatic rings. The highest BCUT2D eigenvalue weighted by atomic mass is 16.5. The number of aliphatic carboxylic acids is 1. The average Bonchev–Trinajstić information content (AvgIpc) is 2.40. The number of carboxylic acid groups (broad SMARTS) is 1. The highest BCUT2D eigenvalue weighted by molar-refractivity contribution is 5.72. The van der Waals surface area contributed by atoms with Gasteiger partial charge in [0.2, 0.25) is 0 Å². The molecule has 1 saturated carbocycles. The van der Waals surface area contributed by atoms with Gasteiger partial charge in [-0.1, -0.05) is 26.7 Å². The fourth-order valence-corrected chi connectivity index (χ4v) is 3.36. The van der Waals surface area contributed by atoms with Crippen LogP contribution in [-0.2, 0) is 14.3 Å². The number of carboxylic acids is 1. The minimum atomic E-state index is -0.680. The Bertz CT molecular complexity index is 330. The zero-order valence-corrected chi connectivity index (χ0v) is 13.6. The topological polar surface area (TPSA) is 63.6 Å². The van der Waals surface area contributed by atoms with Gasteiger partial charge in [-0.05, 0) is 50.4 Å². The van der Waals surface area contributed by atoms with E-state index in [2.05, 4.69) is 13.8 Å². The quantitative estimate of drug-likeness (QED) is 0.691. The first-order chi connectivity index (χ1) is 9.93. The summed E-state index contributed by atoms with van der Waals surface area (Å²) in [5.74, 6) is 0.567. The van der Waals surface area contributed by atoms with E-state index in [1.807, 2.05) is 6.92 Å². The van der Waals surface area contributed by atoms with Gasteiger partial charge in [0.05, 0.1) is 12.5 Å².